The number of rotatable bonds is 4. The van der Waals surface area contributed by atoms with Crippen molar-refractivity contribution in [3.63, 3.8) is 0 Å². The van der Waals surface area contributed by atoms with Gasteiger partial charge in [-0.15, -0.1) is 0 Å². The van der Waals surface area contributed by atoms with Gasteiger partial charge in [0.1, 0.15) is 6.54 Å². The van der Waals surface area contributed by atoms with E-state index >= 15 is 0 Å². The number of ether oxygens (including phenoxy) is 1. The molecule has 4 nitrogen and oxygen atoms in total. The van der Waals surface area contributed by atoms with Gasteiger partial charge in [0, 0.05) is 13.0 Å². The lowest BCUT2D eigenvalue weighted by Crippen LogP contribution is -2.36. The lowest BCUT2D eigenvalue weighted by molar-refractivity contribution is -0.149. The Morgan fingerprint density at radius 2 is 2.00 bits per heavy atom. The molecule has 0 saturated carbocycles. The molecular formula is C11H17NO3. The molecule has 4 heteroatoms. The first-order chi connectivity index (χ1) is 7.15. The highest BCUT2D eigenvalue weighted by Gasteiger charge is 2.23. The highest BCUT2D eigenvalue weighted by molar-refractivity contribution is 5.83. The van der Waals surface area contributed by atoms with Crippen LogP contribution in [0.5, 0.6) is 0 Å². The van der Waals surface area contributed by atoms with E-state index in [0.717, 1.165) is 12.8 Å². The van der Waals surface area contributed by atoms with Gasteiger partial charge < -0.3 is 9.64 Å². The summed E-state index contributed by atoms with van der Waals surface area (Å²) in [6.07, 6.45) is 5.57. The van der Waals surface area contributed by atoms with E-state index in [1.165, 1.54) is 4.90 Å². The van der Waals surface area contributed by atoms with Crippen LogP contribution in [0.3, 0.4) is 0 Å². The van der Waals surface area contributed by atoms with E-state index in [-0.39, 0.29) is 24.3 Å². The zero-order chi connectivity index (χ0) is 11.3. The monoisotopic (exact) mass is 211 g/mol. The van der Waals surface area contributed by atoms with E-state index in [2.05, 4.69) is 0 Å². The molecule has 0 aliphatic heterocycles. The molecule has 15 heavy (non-hydrogen) atoms. The van der Waals surface area contributed by atoms with Crippen LogP contribution in [-0.4, -0.2) is 37.0 Å². The van der Waals surface area contributed by atoms with E-state index < -0.39 is 0 Å². The molecule has 0 heterocycles. The fourth-order valence-corrected chi connectivity index (χ4v) is 1.61. The summed E-state index contributed by atoms with van der Waals surface area (Å²) in [4.78, 5) is 24.3. The second-order valence-electron chi connectivity index (χ2n) is 3.64. The lowest BCUT2D eigenvalue weighted by Gasteiger charge is -2.19. The van der Waals surface area contributed by atoms with Crippen molar-refractivity contribution in [1.29, 1.82) is 0 Å². The van der Waals surface area contributed by atoms with Crippen molar-refractivity contribution in [3.8, 4) is 0 Å². The predicted octanol–water partition coefficient (Wildman–Crippen LogP) is 0.974. The van der Waals surface area contributed by atoms with Crippen molar-refractivity contribution in [2.45, 2.75) is 19.8 Å². The standard InChI is InChI=1S/C11H17NO3/c1-3-15-10(13)8-12(2)11(14)9-6-4-5-7-9/h4-5,9H,3,6-8H2,1-2H3. The molecule has 1 rings (SSSR count). The SMILES string of the molecule is CCOC(=O)CN(C)C(=O)C1CC=CC1. The Kier molecular flexibility index (Phi) is 4.34. The molecule has 0 radical (unpaired) electrons. The first-order valence-corrected chi connectivity index (χ1v) is 5.20. The van der Waals surface area contributed by atoms with Gasteiger partial charge in [-0.25, -0.2) is 0 Å². The average molecular weight is 211 g/mol. The molecule has 0 fully saturated rings. The minimum absolute atomic E-state index is 0.0180. The van der Waals surface area contributed by atoms with E-state index in [1.54, 1.807) is 14.0 Å². The zero-order valence-corrected chi connectivity index (χ0v) is 9.23. The number of hydrogen-bond donors (Lipinski definition) is 0. The number of allylic oxidation sites excluding steroid dienone is 2. The summed E-state index contributed by atoms with van der Waals surface area (Å²) < 4.78 is 4.78. The van der Waals surface area contributed by atoms with Gasteiger partial charge in [-0.1, -0.05) is 12.2 Å². The third kappa shape index (κ3) is 3.38. The van der Waals surface area contributed by atoms with Crippen molar-refractivity contribution in [2.75, 3.05) is 20.2 Å². The fourth-order valence-electron chi connectivity index (χ4n) is 1.61. The fraction of sp³-hybridized carbons (Fsp3) is 0.636. The molecule has 84 valence electrons. The molecule has 0 unspecified atom stereocenters. The van der Waals surface area contributed by atoms with Crippen LogP contribution in [0.4, 0.5) is 0 Å². The number of likely N-dealkylation sites (N-methyl/N-ethyl adjacent to an activating group) is 1. The molecule has 0 saturated heterocycles. The first-order valence-electron chi connectivity index (χ1n) is 5.20. The summed E-state index contributed by atoms with van der Waals surface area (Å²) in [5, 5.41) is 0. The minimum atomic E-state index is -0.348. The van der Waals surface area contributed by atoms with Gasteiger partial charge >= 0.3 is 5.97 Å². The Hall–Kier alpha value is -1.32. The molecule has 0 spiro atoms. The van der Waals surface area contributed by atoms with Gasteiger partial charge in [0.25, 0.3) is 0 Å². The Bertz CT molecular complexity index is 265. The molecule has 0 aromatic heterocycles. The Morgan fingerprint density at radius 1 is 1.40 bits per heavy atom. The lowest BCUT2D eigenvalue weighted by atomic mass is 10.1. The van der Waals surface area contributed by atoms with Gasteiger partial charge in [0.05, 0.1) is 6.61 Å². The van der Waals surface area contributed by atoms with Crippen LogP contribution in [0.15, 0.2) is 12.2 Å². The van der Waals surface area contributed by atoms with Crippen molar-refractivity contribution in [3.05, 3.63) is 12.2 Å². The summed E-state index contributed by atoms with van der Waals surface area (Å²) in [6, 6.07) is 0. The average Bonchev–Trinajstić information content (AvgIpc) is 2.69. The molecule has 0 aromatic rings. The quantitative estimate of drug-likeness (QED) is 0.514. The molecule has 0 aromatic carbocycles. The van der Waals surface area contributed by atoms with Gasteiger partial charge in [-0.3, -0.25) is 9.59 Å². The van der Waals surface area contributed by atoms with E-state index in [4.69, 9.17) is 4.74 Å². The second kappa shape index (κ2) is 5.53. The summed E-state index contributed by atoms with van der Waals surface area (Å²) >= 11 is 0. The van der Waals surface area contributed by atoms with Crippen molar-refractivity contribution < 1.29 is 14.3 Å². The summed E-state index contributed by atoms with van der Waals surface area (Å²) in [5.74, 6) is -0.309. The third-order valence-electron chi connectivity index (χ3n) is 2.40. The highest BCUT2D eigenvalue weighted by Crippen LogP contribution is 2.19. The molecule has 1 amide bonds. The molecule has 0 bridgehead atoms. The van der Waals surface area contributed by atoms with Crippen molar-refractivity contribution in [1.82, 2.24) is 4.90 Å². The molecule has 0 N–H and O–H groups in total. The molecule has 1 aliphatic rings. The third-order valence-corrected chi connectivity index (χ3v) is 2.40. The molecular weight excluding hydrogens is 194 g/mol. The predicted molar refractivity (Wildman–Crippen MR) is 56.1 cm³/mol. The Balaban J connectivity index is 2.35. The van der Waals surface area contributed by atoms with Crippen LogP contribution >= 0.6 is 0 Å². The zero-order valence-electron chi connectivity index (χ0n) is 9.23. The summed E-state index contributed by atoms with van der Waals surface area (Å²) in [6.45, 7) is 2.15. The topological polar surface area (TPSA) is 46.6 Å². The van der Waals surface area contributed by atoms with Crippen LogP contribution < -0.4 is 0 Å². The molecule has 0 atom stereocenters. The minimum Gasteiger partial charge on any atom is -0.465 e. The second-order valence-corrected chi connectivity index (χ2v) is 3.64. The van der Waals surface area contributed by atoms with Crippen molar-refractivity contribution in [2.24, 2.45) is 5.92 Å². The van der Waals surface area contributed by atoms with E-state index in [9.17, 15) is 9.59 Å². The highest BCUT2D eigenvalue weighted by atomic mass is 16.5. The maximum atomic E-state index is 11.8. The first kappa shape index (κ1) is 11.8. The number of carbonyl (C=O) groups is 2. The maximum Gasteiger partial charge on any atom is 0.325 e. The maximum absolute atomic E-state index is 11.8. The normalized spacial score (nSPS) is 15.3. The van der Waals surface area contributed by atoms with Crippen molar-refractivity contribution >= 4 is 11.9 Å². The Labute approximate surface area is 89.9 Å². The number of esters is 1. The van der Waals surface area contributed by atoms with E-state index in [0.29, 0.717) is 6.61 Å². The number of hydrogen-bond acceptors (Lipinski definition) is 3. The van der Waals surface area contributed by atoms with Gasteiger partial charge in [0.2, 0.25) is 5.91 Å². The van der Waals surface area contributed by atoms with Crippen LogP contribution in [0.25, 0.3) is 0 Å². The Morgan fingerprint density at radius 3 is 2.53 bits per heavy atom. The number of amides is 1. The van der Waals surface area contributed by atoms with Gasteiger partial charge in [-0.05, 0) is 19.8 Å². The summed E-state index contributed by atoms with van der Waals surface area (Å²) in [7, 11) is 1.64. The van der Waals surface area contributed by atoms with Crippen LogP contribution in [0, 0.1) is 5.92 Å². The largest absolute Gasteiger partial charge is 0.465 e. The number of nitrogens with zero attached hydrogens (tertiary/aromatic N) is 1. The van der Waals surface area contributed by atoms with Crippen LogP contribution in [-0.2, 0) is 14.3 Å². The molecule has 1 aliphatic carbocycles. The van der Waals surface area contributed by atoms with Crippen LogP contribution in [0.2, 0.25) is 0 Å². The van der Waals surface area contributed by atoms with Gasteiger partial charge in [0.15, 0.2) is 0 Å². The smallest absolute Gasteiger partial charge is 0.325 e. The summed E-state index contributed by atoms with van der Waals surface area (Å²) in [5.41, 5.74) is 0. The van der Waals surface area contributed by atoms with Crippen LogP contribution in [0.1, 0.15) is 19.8 Å². The van der Waals surface area contributed by atoms with Gasteiger partial charge in [-0.2, -0.15) is 0 Å². The van der Waals surface area contributed by atoms with E-state index in [1.807, 2.05) is 12.2 Å². The number of carbonyl (C=O) groups excluding carboxylic acids is 2.